The van der Waals surface area contributed by atoms with E-state index in [0.717, 1.165) is 5.56 Å². The predicted octanol–water partition coefficient (Wildman–Crippen LogP) is 1.47. The summed E-state index contributed by atoms with van der Waals surface area (Å²) in [6.07, 6.45) is 1.25. The minimum absolute atomic E-state index is 0.133. The number of nitrogens with zero attached hydrogens (tertiary/aromatic N) is 1. The molecular weight excluding hydrogens is 350 g/mol. The lowest BCUT2D eigenvalue weighted by Crippen LogP contribution is -2.47. The van der Waals surface area contributed by atoms with Gasteiger partial charge in [0.05, 0.1) is 11.8 Å². The number of nitrogens with one attached hydrogen (secondary N) is 2. The molecule has 2 aliphatic heterocycles. The fraction of sp³-hybridized carbons (Fsp3) is 0.474. The Bertz CT molecular complexity index is 761. The molecule has 1 aromatic rings. The normalized spacial score (nSPS) is 25.2. The van der Waals surface area contributed by atoms with Crippen molar-refractivity contribution in [3.8, 4) is 0 Å². The molecule has 8 nitrogen and oxygen atoms in total. The summed E-state index contributed by atoms with van der Waals surface area (Å²) in [7, 11) is 0. The van der Waals surface area contributed by atoms with E-state index in [1.54, 1.807) is 12.1 Å². The highest BCUT2D eigenvalue weighted by Gasteiger charge is 2.32. The van der Waals surface area contributed by atoms with Crippen LogP contribution in [0.15, 0.2) is 24.3 Å². The van der Waals surface area contributed by atoms with Gasteiger partial charge >= 0.3 is 12.0 Å². The van der Waals surface area contributed by atoms with Gasteiger partial charge < -0.3 is 15.3 Å². The van der Waals surface area contributed by atoms with E-state index < -0.39 is 11.9 Å². The van der Waals surface area contributed by atoms with Crippen molar-refractivity contribution in [3.63, 3.8) is 0 Å². The minimum Gasteiger partial charge on any atom is -0.481 e. The SMILES string of the molecule is CC1CC(C(=O)O)CN(C(=O)Nc2ccc(CC3CC(=O)NC3=O)cc2)C1. The number of aliphatic carboxylic acids is 1. The van der Waals surface area contributed by atoms with Gasteiger partial charge in [0.1, 0.15) is 0 Å². The number of carboxylic acid groups (broad SMARTS) is 1. The Morgan fingerprint density at radius 1 is 1.22 bits per heavy atom. The van der Waals surface area contributed by atoms with E-state index in [9.17, 15) is 24.3 Å². The fourth-order valence-corrected chi connectivity index (χ4v) is 3.68. The molecule has 1 aromatic carbocycles. The van der Waals surface area contributed by atoms with Crippen molar-refractivity contribution < 1.29 is 24.3 Å². The molecular formula is C19H23N3O5. The van der Waals surface area contributed by atoms with E-state index in [1.165, 1.54) is 4.90 Å². The molecule has 8 heteroatoms. The number of amides is 4. The molecule has 3 atom stereocenters. The maximum atomic E-state index is 12.5. The van der Waals surface area contributed by atoms with Crippen LogP contribution in [-0.4, -0.2) is 46.9 Å². The summed E-state index contributed by atoms with van der Waals surface area (Å²) in [6, 6.07) is 6.78. The van der Waals surface area contributed by atoms with Gasteiger partial charge in [0.25, 0.3) is 0 Å². The number of urea groups is 1. The first-order valence-electron chi connectivity index (χ1n) is 9.03. The number of hydrogen-bond donors (Lipinski definition) is 3. The number of hydrogen-bond acceptors (Lipinski definition) is 4. The predicted molar refractivity (Wildman–Crippen MR) is 96.9 cm³/mol. The number of rotatable bonds is 4. The first-order valence-corrected chi connectivity index (χ1v) is 9.03. The summed E-state index contributed by atoms with van der Waals surface area (Å²) >= 11 is 0. The van der Waals surface area contributed by atoms with Crippen molar-refractivity contribution in [1.29, 1.82) is 0 Å². The van der Waals surface area contributed by atoms with Gasteiger partial charge in [-0.2, -0.15) is 0 Å². The Morgan fingerprint density at radius 3 is 2.52 bits per heavy atom. The van der Waals surface area contributed by atoms with Gasteiger partial charge in [-0.1, -0.05) is 19.1 Å². The van der Waals surface area contributed by atoms with Crippen LogP contribution in [0.2, 0.25) is 0 Å². The molecule has 4 amide bonds. The number of anilines is 1. The summed E-state index contributed by atoms with van der Waals surface area (Å²) in [6.45, 7) is 2.67. The van der Waals surface area contributed by atoms with Gasteiger partial charge in [0, 0.05) is 25.2 Å². The van der Waals surface area contributed by atoms with Crippen LogP contribution in [0.1, 0.15) is 25.3 Å². The van der Waals surface area contributed by atoms with E-state index in [-0.39, 0.29) is 42.6 Å². The third kappa shape index (κ3) is 4.64. The van der Waals surface area contributed by atoms with Gasteiger partial charge in [-0.15, -0.1) is 0 Å². The van der Waals surface area contributed by atoms with Crippen LogP contribution in [0.5, 0.6) is 0 Å². The summed E-state index contributed by atoms with van der Waals surface area (Å²) in [5.74, 6) is -2.12. The highest BCUT2D eigenvalue weighted by molar-refractivity contribution is 6.03. The maximum Gasteiger partial charge on any atom is 0.321 e. The van der Waals surface area contributed by atoms with Crippen LogP contribution in [0.4, 0.5) is 10.5 Å². The van der Waals surface area contributed by atoms with Crippen LogP contribution in [0.25, 0.3) is 0 Å². The molecule has 0 spiro atoms. The number of imide groups is 1. The van der Waals surface area contributed by atoms with Crippen molar-refractivity contribution in [2.75, 3.05) is 18.4 Å². The lowest BCUT2D eigenvalue weighted by Gasteiger charge is -2.34. The lowest BCUT2D eigenvalue weighted by molar-refractivity contribution is -0.143. The first-order chi connectivity index (χ1) is 12.8. The van der Waals surface area contributed by atoms with Crippen LogP contribution < -0.4 is 10.6 Å². The molecule has 27 heavy (non-hydrogen) atoms. The maximum absolute atomic E-state index is 12.5. The smallest absolute Gasteiger partial charge is 0.321 e. The Morgan fingerprint density at radius 2 is 1.93 bits per heavy atom. The second kappa shape index (κ2) is 7.77. The molecule has 2 saturated heterocycles. The van der Waals surface area contributed by atoms with E-state index in [0.29, 0.717) is 25.1 Å². The van der Waals surface area contributed by atoms with Gasteiger partial charge in [-0.3, -0.25) is 19.7 Å². The molecule has 144 valence electrons. The van der Waals surface area contributed by atoms with Gasteiger partial charge in [-0.05, 0) is 36.5 Å². The molecule has 2 aliphatic rings. The van der Waals surface area contributed by atoms with Gasteiger partial charge in [-0.25, -0.2) is 4.79 Å². The van der Waals surface area contributed by atoms with Crippen molar-refractivity contribution in [2.24, 2.45) is 17.8 Å². The molecule has 3 rings (SSSR count). The van der Waals surface area contributed by atoms with Crippen LogP contribution >= 0.6 is 0 Å². The number of carbonyl (C=O) groups excluding carboxylic acids is 3. The first kappa shape index (κ1) is 18.9. The summed E-state index contributed by atoms with van der Waals surface area (Å²) in [5, 5.41) is 14.3. The topological polar surface area (TPSA) is 116 Å². The second-order valence-corrected chi connectivity index (χ2v) is 7.43. The van der Waals surface area contributed by atoms with Gasteiger partial charge in [0.2, 0.25) is 11.8 Å². The van der Waals surface area contributed by atoms with Crippen LogP contribution in [0, 0.1) is 17.8 Å². The summed E-state index contributed by atoms with van der Waals surface area (Å²) in [4.78, 5) is 48.1. The van der Waals surface area contributed by atoms with E-state index in [2.05, 4.69) is 10.6 Å². The zero-order chi connectivity index (χ0) is 19.6. The molecule has 0 saturated carbocycles. The van der Waals surface area contributed by atoms with E-state index in [1.807, 2.05) is 19.1 Å². The molecule has 0 aromatic heterocycles. The standard InChI is InChI=1S/C19H23N3O5/c1-11-6-14(18(25)26)10-22(9-11)19(27)20-15-4-2-12(3-5-15)7-13-8-16(23)21-17(13)24/h2-5,11,13-14H,6-10H2,1H3,(H,20,27)(H,25,26)(H,21,23,24). The largest absolute Gasteiger partial charge is 0.481 e. The Kier molecular flexibility index (Phi) is 5.43. The average molecular weight is 373 g/mol. The Labute approximate surface area is 156 Å². The second-order valence-electron chi connectivity index (χ2n) is 7.43. The Balaban J connectivity index is 1.57. The molecule has 0 aliphatic carbocycles. The zero-order valence-electron chi connectivity index (χ0n) is 15.1. The highest BCUT2D eigenvalue weighted by Crippen LogP contribution is 2.23. The van der Waals surface area contributed by atoms with E-state index in [4.69, 9.17) is 0 Å². The molecule has 0 bridgehead atoms. The van der Waals surface area contributed by atoms with Crippen molar-refractivity contribution in [1.82, 2.24) is 10.2 Å². The molecule has 2 heterocycles. The molecule has 3 N–H and O–H groups in total. The molecule has 2 fully saturated rings. The van der Waals surface area contributed by atoms with Crippen molar-refractivity contribution >= 4 is 29.5 Å². The Hall–Kier alpha value is -2.90. The third-order valence-electron chi connectivity index (χ3n) is 5.05. The number of carboxylic acids is 1. The monoisotopic (exact) mass is 373 g/mol. The molecule has 0 radical (unpaired) electrons. The number of benzene rings is 1. The quantitative estimate of drug-likeness (QED) is 0.691. The van der Waals surface area contributed by atoms with Crippen molar-refractivity contribution in [3.05, 3.63) is 29.8 Å². The number of piperidine rings is 1. The third-order valence-corrected chi connectivity index (χ3v) is 5.05. The molecule has 3 unspecified atom stereocenters. The van der Waals surface area contributed by atoms with Crippen LogP contribution in [-0.2, 0) is 20.8 Å². The van der Waals surface area contributed by atoms with Crippen LogP contribution in [0.3, 0.4) is 0 Å². The minimum atomic E-state index is -0.877. The highest BCUT2D eigenvalue weighted by atomic mass is 16.4. The van der Waals surface area contributed by atoms with Gasteiger partial charge in [0.15, 0.2) is 0 Å². The van der Waals surface area contributed by atoms with Crippen molar-refractivity contribution in [2.45, 2.75) is 26.2 Å². The zero-order valence-corrected chi connectivity index (χ0v) is 15.1. The number of likely N-dealkylation sites (tertiary alicyclic amines) is 1. The number of carbonyl (C=O) groups is 4. The fourth-order valence-electron chi connectivity index (χ4n) is 3.68. The summed E-state index contributed by atoms with van der Waals surface area (Å²) in [5.41, 5.74) is 1.50. The lowest BCUT2D eigenvalue weighted by atomic mass is 9.91. The average Bonchev–Trinajstić information content (AvgIpc) is 2.93. The summed E-state index contributed by atoms with van der Waals surface area (Å²) < 4.78 is 0. The van der Waals surface area contributed by atoms with E-state index >= 15 is 0 Å².